The van der Waals surface area contributed by atoms with Crippen molar-refractivity contribution in [1.29, 1.82) is 0 Å². The second-order valence-electron chi connectivity index (χ2n) is 10.4. The number of amidine groups is 1. The Morgan fingerprint density at radius 1 is 1.10 bits per heavy atom. The van der Waals surface area contributed by atoms with E-state index in [1.165, 1.54) is 57.6 Å². The van der Waals surface area contributed by atoms with Gasteiger partial charge in [0.15, 0.2) is 17.4 Å². The molecule has 3 rings (SSSR count). The highest BCUT2D eigenvalue weighted by atomic mass is 19.1. The summed E-state index contributed by atoms with van der Waals surface area (Å²) < 4.78 is 23.5. The van der Waals surface area contributed by atoms with E-state index in [0.717, 1.165) is 12.8 Å². The first-order valence-corrected chi connectivity index (χ1v) is 13.2. The molecule has 0 spiro atoms. The molecule has 224 valence electrons. The van der Waals surface area contributed by atoms with Crippen LogP contribution in [0.5, 0.6) is 5.75 Å². The monoisotopic (exact) mass is 574 g/mol. The van der Waals surface area contributed by atoms with E-state index in [1.54, 1.807) is 6.92 Å². The van der Waals surface area contributed by atoms with Gasteiger partial charge in [-0.2, -0.15) is 0 Å². The van der Waals surface area contributed by atoms with Crippen LogP contribution in [0.1, 0.15) is 87.4 Å². The minimum atomic E-state index is -0.642. The van der Waals surface area contributed by atoms with Crippen LogP contribution in [0.4, 0.5) is 9.18 Å². The maximum atomic E-state index is 13.4. The second kappa shape index (κ2) is 15.5. The number of amides is 2. The number of ether oxygens (including phenoxy) is 2. The SMILES string of the molecule is CC(C)(C)OC(=O)NC1CCCCC1.COc1cc(CNC(=O)c2cc(/C(N)=N/OC(C)=O)nc(C)n2)ccc1F. The number of benzene rings is 1. The first kappa shape index (κ1) is 32.9. The minimum Gasteiger partial charge on any atom is -0.494 e. The molecule has 1 heterocycles. The molecule has 0 saturated heterocycles. The van der Waals surface area contributed by atoms with E-state index in [2.05, 4.69) is 30.6 Å². The third kappa shape index (κ3) is 12.2. The molecule has 1 aromatic carbocycles. The van der Waals surface area contributed by atoms with Crippen LogP contribution in [-0.4, -0.2) is 52.5 Å². The fourth-order valence-electron chi connectivity index (χ4n) is 3.78. The predicted octanol–water partition coefficient (Wildman–Crippen LogP) is 3.89. The summed E-state index contributed by atoms with van der Waals surface area (Å²) >= 11 is 0. The number of hydrogen-bond acceptors (Lipinski definition) is 9. The standard InChI is InChI=1S/C17H18FN5O4.C11H21NO2/c1-9-21-13(16(19)23-27-10(2)24)7-14(22-9)17(25)20-8-11-4-5-12(18)15(6-11)26-3;1-11(2,3)14-10(13)12-9-7-5-4-6-8-9/h4-7H,8H2,1-3H3,(H2,19,23)(H,20,25);9H,4-8H2,1-3H3,(H,12,13). The number of methoxy groups -OCH3 is 1. The Bertz CT molecular complexity index is 1240. The Hall–Kier alpha value is -4.29. The predicted molar refractivity (Wildman–Crippen MR) is 150 cm³/mol. The largest absolute Gasteiger partial charge is 0.494 e. The van der Waals surface area contributed by atoms with Gasteiger partial charge < -0.3 is 30.7 Å². The van der Waals surface area contributed by atoms with Gasteiger partial charge in [-0.05, 0) is 64.3 Å². The molecule has 41 heavy (non-hydrogen) atoms. The third-order valence-corrected chi connectivity index (χ3v) is 5.60. The van der Waals surface area contributed by atoms with Crippen molar-refractivity contribution in [2.75, 3.05) is 7.11 Å². The molecule has 0 radical (unpaired) electrons. The third-order valence-electron chi connectivity index (χ3n) is 5.60. The van der Waals surface area contributed by atoms with Crippen LogP contribution in [0.15, 0.2) is 29.4 Å². The topological polar surface area (TPSA) is 167 Å². The molecular weight excluding hydrogens is 535 g/mol. The highest BCUT2D eigenvalue weighted by molar-refractivity contribution is 5.99. The molecule has 1 aliphatic rings. The molecule has 1 fully saturated rings. The van der Waals surface area contributed by atoms with Crippen molar-refractivity contribution in [2.24, 2.45) is 10.9 Å². The number of nitrogens with zero attached hydrogens (tertiary/aromatic N) is 3. The number of oxime groups is 1. The molecule has 1 saturated carbocycles. The van der Waals surface area contributed by atoms with Crippen molar-refractivity contribution in [1.82, 2.24) is 20.6 Å². The van der Waals surface area contributed by atoms with Gasteiger partial charge in [0.1, 0.15) is 22.8 Å². The quantitative estimate of drug-likeness (QED) is 0.192. The summed E-state index contributed by atoms with van der Waals surface area (Å²) in [6.45, 7) is 8.52. The Balaban J connectivity index is 0.000000353. The van der Waals surface area contributed by atoms with E-state index in [1.807, 2.05) is 20.8 Å². The van der Waals surface area contributed by atoms with Crippen LogP contribution in [0.2, 0.25) is 0 Å². The van der Waals surface area contributed by atoms with Gasteiger partial charge in [0, 0.05) is 19.5 Å². The number of halogens is 1. The number of aryl methyl sites for hydroxylation is 1. The Labute approximate surface area is 239 Å². The Morgan fingerprint density at radius 2 is 1.76 bits per heavy atom. The number of nitrogens with one attached hydrogen (secondary N) is 2. The van der Waals surface area contributed by atoms with Gasteiger partial charge in [-0.1, -0.05) is 30.5 Å². The zero-order chi connectivity index (χ0) is 30.6. The zero-order valence-electron chi connectivity index (χ0n) is 24.4. The Morgan fingerprint density at radius 3 is 2.37 bits per heavy atom. The van der Waals surface area contributed by atoms with E-state index < -0.39 is 23.3 Å². The molecule has 2 amide bonds. The van der Waals surface area contributed by atoms with Gasteiger partial charge in [0.2, 0.25) is 0 Å². The molecule has 1 aliphatic carbocycles. The summed E-state index contributed by atoms with van der Waals surface area (Å²) in [6.07, 6.45) is 5.66. The maximum Gasteiger partial charge on any atom is 0.407 e. The van der Waals surface area contributed by atoms with E-state index in [-0.39, 0.29) is 41.4 Å². The highest BCUT2D eigenvalue weighted by Gasteiger charge is 2.20. The van der Waals surface area contributed by atoms with E-state index >= 15 is 0 Å². The number of hydrogen-bond donors (Lipinski definition) is 3. The fraction of sp³-hybridized carbons (Fsp3) is 0.500. The summed E-state index contributed by atoms with van der Waals surface area (Å²) in [7, 11) is 1.35. The maximum absolute atomic E-state index is 13.4. The lowest BCUT2D eigenvalue weighted by molar-refractivity contribution is -0.140. The van der Waals surface area contributed by atoms with Gasteiger partial charge in [0.25, 0.3) is 5.91 Å². The fourth-order valence-corrected chi connectivity index (χ4v) is 3.78. The Kier molecular flexibility index (Phi) is 12.4. The summed E-state index contributed by atoms with van der Waals surface area (Å²) in [5.41, 5.74) is 6.13. The minimum absolute atomic E-state index is 0.0487. The molecule has 0 bridgehead atoms. The van der Waals surface area contributed by atoms with Gasteiger partial charge in [0.05, 0.1) is 7.11 Å². The smallest absolute Gasteiger partial charge is 0.407 e. The lowest BCUT2D eigenvalue weighted by atomic mass is 9.96. The number of carbonyl (C=O) groups is 3. The molecule has 2 aromatic rings. The van der Waals surface area contributed by atoms with Crippen LogP contribution < -0.4 is 21.1 Å². The molecule has 0 unspecified atom stereocenters. The van der Waals surface area contributed by atoms with Crippen molar-refractivity contribution < 1.29 is 33.1 Å². The van der Waals surface area contributed by atoms with Crippen molar-refractivity contribution in [3.8, 4) is 5.75 Å². The number of carbonyl (C=O) groups excluding carboxylic acids is 3. The molecule has 0 atom stereocenters. The average molecular weight is 575 g/mol. The van der Waals surface area contributed by atoms with Crippen LogP contribution in [0.25, 0.3) is 0 Å². The molecule has 1 aromatic heterocycles. The highest BCUT2D eigenvalue weighted by Crippen LogP contribution is 2.19. The van der Waals surface area contributed by atoms with Crippen LogP contribution in [0.3, 0.4) is 0 Å². The van der Waals surface area contributed by atoms with Gasteiger partial charge in [-0.25, -0.2) is 23.9 Å². The summed E-state index contributed by atoms with van der Waals surface area (Å²) in [5, 5.41) is 9.00. The van der Waals surface area contributed by atoms with Crippen molar-refractivity contribution in [2.45, 2.75) is 84.9 Å². The molecule has 4 N–H and O–H groups in total. The lowest BCUT2D eigenvalue weighted by Gasteiger charge is -2.25. The van der Waals surface area contributed by atoms with Crippen molar-refractivity contribution >= 4 is 23.8 Å². The summed E-state index contributed by atoms with van der Waals surface area (Å²) in [4.78, 5) is 47.1. The first-order chi connectivity index (χ1) is 19.3. The molecule has 13 heteroatoms. The van der Waals surface area contributed by atoms with Crippen molar-refractivity contribution in [3.05, 3.63) is 52.9 Å². The molecule has 12 nitrogen and oxygen atoms in total. The van der Waals surface area contributed by atoms with Crippen molar-refractivity contribution in [3.63, 3.8) is 0 Å². The number of alkyl carbamates (subject to hydrolysis) is 1. The summed E-state index contributed by atoms with van der Waals surface area (Å²) in [6, 6.07) is 5.91. The second-order valence-corrected chi connectivity index (χ2v) is 10.4. The van der Waals surface area contributed by atoms with Crippen LogP contribution in [-0.2, 0) is 20.9 Å². The van der Waals surface area contributed by atoms with E-state index in [9.17, 15) is 18.8 Å². The summed E-state index contributed by atoms with van der Waals surface area (Å²) in [5.74, 6) is -1.44. The molecular formula is C28H39FN6O6. The normalized spacial score (nSPS) is 13.8. The average Bonchev–Trinajstić information content (AvgIpc) is 2.90. The zero-order valence-corrected chi connectivity index (χ0v) is 24.4. The lowest BCUT2D eigenvalue weighted by Crippen LogP contribution is -2.39. The van der Waals surface area contributed by atoms with Crippen LogP contribution in [0, 0.1) is 12.7 Å². The van der Waals surface area contributed by atoms with Gasteiger partial charge in [-0.3, -0.25) is 4.79 Å². The number of rotatable bonds is 7. The number of aromatic nitrogens is 2. The number of nitrogens with two attached hydrogens (primary N) is 1. The van der Waals surface area contributed by atoms with Gasteiger partial charge >= 0.3 is 12.1 Å². The first-order valence-electron chi connectivity index (χ1n) is 13.2. The molecule has 0 aliphatic heterocycles. The van der Waals surface area contributed by atoms with E-state index in [4.69, 9.17) is 15.2 Å². The van der Waals surface area contributed by atoms with Gasteiger partial charge in [-0.15, -0.1) is 0 Å². The van der Waals surface area contributed by atoms with Crippen LogP contribution >= 0.6 is 0 Å². The van der Waals surface area contributed by atoms with E-state index in [0.29, 0.717) is 11.6 Å².